The first-order valence-electron chi connectivity index (χ1n) is 6.23. The lowest BCUT2D eigenvalue weighted by Gasteiger charge is -1.99. The fraction of sp³-hybridized carbons (Fsp3) is 0.0667. The Morgan fingerprint density at radius 2 is 2.00 bits per heavy atom. The third-order valence-corrected chi connectivity index (χ3v) is 4.47. The van der Waals surface area contributed by atoms with E-state index in [0.29, 0.717) is 15.2 Å². The highest BCUT2D eigenvalue weighted by Gasteiger charge is 2.11. The number of thiophene rings is 1. The van der Waals surface area contributed by atoms with Gasteiger partial charge in [-0.1, -0.05) is 29.8 Å². The smallest absolute Gasteiger partial charge is 0.298 e. The third-order valence-electron chi connectivity index (χ3n) is 3.11. The molecule has 0 aliphatic rings. The molecule has 3 aromatic rings. The largest absolute Gasteiger partial charge is 0.329 e. The van der Waals surface area contributed by atoms with Crippen LogP contribution in [0.25, 0.3) is 20.7 Å². The quantitative estimate of drug-likeness (QED) is 0.754. The lowest BCUT2D eigenvalue weighted by Crippen LogP contribution is -2.34. The zero-order chi connectivity index (χ0) is 15.0. The molecule has 0 radical (unpaired) electrons. The number of aromatic nitrogens is 2. The third kappa shape index (κ3) is 2.46. The van der Waals surface area contributed by atoms with Gasteiger partial charge in [0.2, 0.25) is 0 Å². The van der Waals surface area contributed by atoms with E-state index in [2.05, 4.69) is 11.6 Å². The topological polar surface area (TPSA) is 54.9 Å². The van der Waals surface area contributed by atoms with E-state index in [-0.39, 0.29) is 12.1 Å². The second kappa shape index (κ2) is 5.35. The van der Waals surface area contributed by atoms with Crippen molar-refractivity contribution >= 4 is 33.2 Å². The first kappa shape index (κ1) is 13.9. The summed E-state index contributed by atoms with van der Waals surface area (Å²) in [5.74, 6) is 0. The Hall–Kier alpha value is -2.11. The summed E-state index contributed by atoms with van der Waals surface area (Å²) in [4.78, 5) is 28.4. The van der Waals surface area contributed by atoms with Crippen molar-refractivity contribution in [1.82, 2.24) is 9.55 Å². The predicted molar refractivity (Wildman–Crippen MR) is 87.3 cm³/mol. The average Bonchev–Trinajstić information content (AvgIpc) is 2.88. The second-order valence-corrected chi connectivity index (χ2v) is 5.98. The van der Waals surface area contributed by atoms with E-state index in [9.17, 15) is 9.59 Å². The zero-order valence-electron chi connectivity index (χ0n) is 10.9. The fourth-order valence-electron chi connectivity index (χ4n) is 2.10. The molecular weight excluding hydrogens is 308 g/mol. The van der Waals surface area contributed by atoms with Crippen LogP contribution in [0.3, 0.4) is 0 Å². The maximum atomic E-state index is 12.3. The van der Waals surface area contributed by atoms with Crippen molar-refractivity contribution in [3.8, 4) is 10.4 Å². The van der Waals surface area contributed by atoms with E-state index in [0.717, 1.165) is 15.0 Å². The maximum absolute atomic E-state index is 12.3. The SMILES string of the molecule is C=CCn1c(=O)[nH]c2sc(-c3ccc(Cl)cc3)cc2c1=O. The summed E-state index contributed by atoms with van der Waals surface area (Å²) in [5.41, 5.74) is 0.234. The van der Waals surface area contributed by atoms with Gasteiger partial charge in [-0.05, 0) is 23.8 Å². The molecule has 106 valence electrons. The first-order chi connectivity index (χ1) is 10.1. The molecule has 2 aromatic heterocycles. The summed E-state index contributed by atoms with van der Waals surface area (Å²) in [7, 11) is 0. The number of benzene rings is 1. The number of halogens is 1. The first-order valence-corrected chi connectivity index (χ1v) is 7.43. The van der Waals surface area contributed by atoms with Crippen LogP contribution in [-0.2, 0) is 6.54 Å². The van der Waals surface area contributed by atoms with Crippen LogP contribution in [0, 0.1) is 0 Å². The normalized spacial score (nSPS) is 10.9. The minimum Gasteiger partial charge on any atom is -0.298 e. The summed E-state index contributed by atoms with van der Waals surface area (Å²) in [6.07, 6.45) is 1.52. The highest BCUT2D eigenvalue weighted by atomic mass is 35.5. The van der Waals surface area contributed by atoms with Crippen LogP contribution in [0.15, 0.2) is 52.6 Å². The molecule has 1 N–H and O–H groups in total. The lowest BCUT2D eigenvalue weighted by molar-refractivity contribution is 0.730. The summed E-state index contributed by atoms with van der Waals surface area (Å²) in [6, 6.07) is 9.14. The van der Waals surface area contributed by atoms with E-state index < -0.39 is 5.69 Å². The van der Waals surface area contributed by atoms with E-state index in [4.69, 9.17) is 11.6 Å². The van der Waals surface area contributed by atoms with Gasteiger partial charge in [0, 0.05) is 16.4 Å². The van der Waals surface area contributed by atoms with Gasteiger partial charge >= 0.3 is 5.69 Å². The molecular formula is C15H11ClN2O2S. The average molecular weight is 319 g/mol. The minimum atomic E-state index is -0.420. The van der Waals surface area contributed by atoms with Gasteiger partial charge in [-0.2, -0.15) is 0 Å². The predicted octanol–water partition coefficient (Wildman–Crippen LogP) is 3.26. The molecule has 0 fully saturated rings. The van der Waals surface area contributed by atoms with Crippen LogP contribution in [0.4, 0.5) is 0 Å². The summed E-state index contributed by atoms with van der Waals surface area (Å²) in [6.45, 7) is 3.75. The van der Waals surface area contributed by atoms with Crippen LogP contribution in [0.5, 0.6) is 0 Å². The van der Waals surface area contributed by atoms with Crippen molar-refractivity contribution in [2.75, 3.05) is 0 Å². The molecule has 0 aliphatic heterocycles. The molecule has 4 nitrogen and oxygen atoms in total. The Morgan fingerprint density at radius 1 is 1.29 bits per heavy atom. The van der Waals surface area contributed by atoms with Gasteiger partial charge in [-0.15, -0.1) is 17.9 Å². The minimum absolute atomic E-state index is 0.191. The molecule has 0 aliphatic carbocycles. The highest BCUT2D eigenvalue weighted by molar-refractivity contribution is 7.21. The van der Waals surface area contributed by atoms with Crippen molar-refractivity contribution in [3.05, 3.63) is 68.8 Å². The van der Waals surface area contributed by atoms with Crippen LogP contribution >= 0.6 is 22.9 Å². The van der Waals surface area contributed by atoms with Crippen molar-refractivity contribution < 1.29 is 0 Å². The number of H-pyrrole nitrogens is 1. The van der Waals surface area contributed by atoms with Crippen LogP contribution in [0.1, 0.15) is 0 Å². The summed E-state index contributed by atoms with van der Waals surface area (Å²) >= 11 is 7.25. The lowest BCUT2D eigenvalue weighted by atomic mass is 10.2. The van der Waals surface area contributed by atoms with E-state index in [1.807, 2.05) is 12.1 Å². The maximum Gasteiger partial charge on any atom is 0.329 e. The molecule has 21 heavy (non-hydrogen) atoms. The van der Waals surface area contributed by atoms with Gasteiger partial charge < -0.3 is 0 Å². The van der Waals surface area contributed by atoms with Gasteiger partial charge in [0.15, 0.2) is 0 Å². The molecule has 0 saturated heterocycles. The molecule has 0 atom stereocenters. The van der Waals surface area contributed by atoms with Gasteiger partial charge in [0.25, 0.3) is 5.56 Å². The molecule has 1 aromatic carbocycles. The second-order valence-electron chi connectivity index (χ2n) is 4.49. The molecule has 0 spiro atoms. The van der Waals surface area contributed by atoms with Crippen molar-refractivity contribution in [2.24, 2.45) is 0 Å². The number of aromatic amines is 1. The highest BCUT2D eigenvalue weighted by Crippen LogP contribution is 2.31. The van der Waals surface area contributed by atoms with Crippen molar-refractivity contribution in [1.29, 1.82) is 0 Å². The van der Waals surface area contributed by atoms with Gasteiger partial charge in [0.1, 0.15) is 4.83 Å². The molecule has 3 rings (SSSR count). The Bertz CT molecular complexity index is 935. The Labute approximate surface area is 128 Å². The number of nitrogens with zero attached hydrogens (tertiary/aromatic N) is 1. The Morgan fingerprint density at radius 3 is 2.67 bits per heavy atom. The molecule has 0 bridgehead atoms. The van der Waals surface area contributed by atoms with E-state index in [1.54, 1.807) is 18.2 Å². The Kier molecular flexibility index (Phi) is 3.53. The fourth-order valence-corrected chi connectivity index (χ4v) is 3.27. The number of nitrogens with one attached hydrogen (secondary N) is 1. The number of fused-ring (bicyclic) bond motifs is 1. The number of rotatable bonds is 3. The van der Waals surface area contributed by atoms with Crippen LogP contribution in [0.2, 0.25) is 5.02 Å². The number of hydrogen-bond donors (Lipinski definition) is 1. The molecule has 0 unspecified atom stereocenters. The zero-order valence-corrected chi connectivity index (χ0v) is 12.5. The monoisotopic (exact) mass is 318 g/mol. The summed E-state index contributed by atoms with van der Waals surface area (Å²) < 4.78 is 1.13. The Balaban J connectivity index is 2.23. The van der Waals surface area contributed by atoms with Crippen molar-refractivity contribution in [2.45, 2.75) is 6.54 Å². The van der Waals surface area contributed by atoms with Crippen molar-refractivity contribution in [3.63, 3.8) is 0 Å². The molecule has 0 amide bonds. The van der Waals surface area contributed by atoms with Gasteiger partial charge in [0.05, 0.1) is 5.39 Å². The summed E-state index contributed by atoms with van der Waals surface area (Å²) in [5, 5.41) is 1.16. The van der Waals surface area contributed by atoms with Gasteiger partial charge in [-0.25, -0.2) is 4.79 Å². The van der Waals surface area contributed by atoms with E-state index >= 15 is 0 Å². The molecule has 6 heteroatoms. The van der Waals surface area contributed by atoms with Gasteiger partial charge in [-0.3, -0.25) is 14.3 Å². The van der Waals surface area contributed by atoms with E-state index in [1.165, 1.54) is 17.4 Å². The van der Waals surface area contributed by atoms with Crippen LogP contribution in [-0.4, -0.2) is 9.55 Å². The number of hydrogen-bond acceptors (Lipinski definition) is 3. The standard InChI is InChI=1S/C15H11ClN2O2S/c1-2-7-18-14(19)11-8-12(21-13(11)17-15(18)20)9-3-5-10(16)6-4-9/h2-6,8H,1,7H2,(H,17,20). The molecule has 2 heterocycles. The molecule has 0 saturated carbocycles. The van der Waals surface area contributed by atoms with Crippen LogP contribution < -0.4 is 11.2 Å². The number of allylic oxidation sites excluding steroid dienone is 1.